The van der Waals surface area contributed by atoms with E-state index in [0.717, 1.165) is 11.1 Å². The Hall–Kier alpha value is -1.88. The van der Waals surface area contributed by atoms with E-state index in [4.69, 9.17) is 11.5 Å². The van der Waals surface area contributed by atoms with Crippen molar-refractivity contribution >= 4 is 11.8 Å². The van der Waals surface area contributed by atoms with Gasteiger partial charge in [0.25, 0.3) is 0 Å². The van der Waals surface area contributed by atoms with Gasteiger partial charge in [0, 0.05) is 13.0 Å². The van der Waals surface area contributed by atoms with Crippen molar-refractivity contribution < 1.29 is 9.59 Å². The fourth-order valence-electron chi connectivity index (χ4n) is 2.83. The lowest BCUT2D eigenvalue weighted by atomic mass is 9.92. The first-order valence-corrected chi connectivity index (χ1v) is 7.32. The second-order valence-corrected chi connectivity index (χ2v) is 6.09. The van der Waals surface area contributed by atoms with Gasteiger partial charge >= 0.3 is 0 Å². The summed E-state index contributed by atoms with van der Waals surface area (Å²) in [4.78, 5) is 25.8. The molecule has 0 radical (unpaired) electrons. The minimum Gasteiger partial charge on any atom is -0.368 e. The minimum absolute atomic E-state index is 0.193. The number of carbonyl (C=O) groups excluding carboxylic acids is 2. The zero-order valence-electron chi connectivity index (χ0n) is 12.6. The molecule has 5 heteroatoms. The van der Waals surface area contributed by atoms with Crippen LogP contribution < -0.4 is 11.5 Å². The standard InChI is InChI=1S/C16H23N3O2/c1-10(2)7-13(17)16(21)19-9-12-6-4-3-5-11(12)8-14(19)15(18)20/h3-6,10,13-14H,7-9,17H2,1-2H3,(H2,18,20)/t13-,14-/m0/s1. The van der Waals surface area contributed by atoms with Crippen LogP contribution in [-0.4, -0.2) is 28.8 Å². The highest BCUT2D eigenvalue weighted by Gasteiger charge is 2.35. The second-order valence-electron chi connectivity index (χ2n) is 6.09. The highest BCUT2D eigenvalue weighted by molar-refractivity contribution is 5.89. The van der Waals surface area contributed by atoms with Crippen molar-refractivity contribution in [2.75, 3.05) is 0 Å². The average molecular weight is 289 g/mol. The number of primary amides is 1. The summed E-state index contributed by atoms with van der Waals surface area (Å²) in [6.07, 6.45) is 1.06. The van der Waals surface area contributed by atoms with Crippen LogP contribution in [-0.2, 0) is 22.6 Å². The second kappa shape index (κ2) is 6.26. The van der Waals surface area contributed by atoms with Crippen molar-refractivity contribution in [3.63, 3.8) is 0 Å². The quantitative estimate of drug-likeness (QED) is 0.859. The summed E-state index contributed by atoms with van der Waals surface area (Å²) >= 11 is 0. The van der Waals surface area contributed by atoms with Crippen LogP contribution in [0.5, 0.6) is 0 Å². The van der Waals surface area contributed by atoms with Gasteiger partial charge in [-0.1, -0.05) is 38.1 Å². The highest BCUT2D eigenvalue weighted by atomic mass is 16.2. The third-order valence-corrected chi connectivity index (χ3v) is 3.90. The number of amides is 2. The number of carbonyl (C=O) groups is 2. The number of nitrogens with two attached hydrogens (primary N) is 2. The molecule has 0 spiro atoms. The monoisotopic (exact) mass is 289 g/mol. The fraction of sp³-hybridized carbons (Fsp3) is 0.500. The number of hydrogen-bond acceptors (Lipinski definition) is 3. The molecule has 2 atom stereocenters. The first-order chi connectivity index (χ1) is 9.90. The SMILES string of the molecule is CC(C)C[C@H](N)C(=O)N1Cc2ccccc2C[C@H]1C(N)=O. The van der Waals surface area contributed by atoms with E-state index in [2.05, 4.69) is 0 Å². The van der Waals surface area contributed by atoms with E-state index in [9.17, 15) is 9.59 Å². The Labute approximate surface area is 125 Å². The van der Waals surface area contributed by atoms with Gasteiger partial charge in [-0.25, -0.2) is 0 Å². The molecule has 1 aliphatic rings. The molecule has 1 aromatic carbocycles. The molecule has 2 rings (SSSR count). The topological polar surface area (TPSA) is 89.4 Å². The summed E-state index contributed by atoms with van der Waals surface area (Å²) in [7, 11) is 0. The van der Waals surface area contributed by atoms with Crippen LogP contribution in [0, 0.1) is 5.92 Å². The zero-order valence-corrected chi connectivity index (χ0v) is 12.6. The predicted octanol–water partition coefficient (Wildman–Crippen LogP) is 0.799. The molecular formula is C16H23N3O2. The van der Waals surface area contributed by atoms with Gasteiger partial charge in [-0.15, -0.1) is 0 Å². The smallest absolute Gasteiger partial charge is 0.240 e. The largest absolute Gasteiger partial charge is 0.368 e. The highest BCUT2D eigenvalue weighted by Crippen LogP contribution is 2.24. The fourth-order valence-corrected chi connectivity index (χ4v) is 2.83. The van der Waals surface area contributed by atoms with Gasteiger partial charge in [-0.05, 0) is 23.5 Å². The molecule has 4 N–H and O–H groups in total. The van der Waals surface area contributed by atoms with Crippen LogP contribution in [0.4, 0.5) is 0 Å². The molecule has 0 unspecified atom stereocenters. The van der Waals surface area contributed by atoms with Crippen molar-refractivity contribution in [3.8, 4) is 0 Å². The van der Waals surface area contributed by atoms with Crippen LogP contribution in [0.25, 0.3) is 0 Å². The van der Waals surface area contributed by atoms with Gasteiger partial charge in [0.05, 0.1) is 6.04 Å². The van der Waals surface area contributed by atoms with Crippen molar-refractivity contribution in [2.45, 2.75) is 45.3 Å². The molecule has 114 valence electrons. The number of fused-ring (bicyclic) bond motifs is 1. The summed E-state index contributed by atoms with van der Waals surface area (Å²) in [5.41, 5.74) is 13.6. The first kappa shape index (κ1) is 15.5. The van der Waals surface area contributed by atoms with Crippen molar-refractivity contribution in [2.24, 2.45) is 17.4 Å². The summed E-state index contributed by atoms with van der Waals surface area (Å²) in [6.45, 7) is 4.43. The van der Waals surface area contributed by atoms with Gasteiger partial charge in [-0.2, -0.15) is 0 Å². The Morgan fingerprint density at radius 1 is 1.29 bits per heavy atom. The van der Waals surface area contributed by atoms with Crippen LogP contribution >= 0.6 is 0 Å². The first-order valence-electron chi connectivity index (χ1n) is 7.32. The molecule has 0 saturated carbocycles. The molecule has 1 aromatic rings. The van der Waals surface area contributed by atoms with Gasteiger partial charge in [0.15, 0.2) is 0 Å². The number of nitrogens with zero attached hydrogens (tertiary/aromatic N) is 1. The van der Waals surface area contributed by atoms with E-state index in [1.165, 1.54) is 4.90 Å². The van der Waals surface area contributed by atoms with Crippen LogP contribution in [0.2, 0.25) is 0 Å². The lowest BCUT2D eigenvalue weighted by Crippen LogP contribution is -2.55. The third-order valence-electron chi connectivity index (χ3n) is 3.90. The van der Waals surface area contributed by atoms with Crippen molar-refractivity contribution in [1.29, 1.82) is 0 Å². The Bertz CT molecular complexity index is 542. The lowest BCUT2D eigenvalue weighted by Gasteiger charge is -2.36. The van der Waals surface area contributed by atoms with E-state index in [1.807, 2.05) is 38.1 Å². The maximum Gasteiger partial charge on any atom is 0.240 e. The summed E-state index contributed by atoms with van der Waals surface area (Å²) in [5.74, 6) is -0.343. The molecule has 0 aromatic heterocycles. The molecule has 1 heterocycles. The van der Waals surface area contributed by atoms with E-state index >= 15 is 0 Å². The summed E-state index contributed by atoms with van der Waals surface area (Å²) in [5, 5.41) is 0. The Morgan fingerprint density at radius 2 is 1.90 bits per heavy atom. The number of hydrogen-bond donors (Lipinski definition) is 2. The lowest BCUT2D eigenvalue weighted by molar-refractivity contribution is -0.142. The summed E-state index contributed by atoms with van der Waals surface area (Å²) < 4.78 is 0. The molecule has 21 heavy (non-hydrogen) atoms. The van der Waals surface area contributed by atoms with E-state index in [0.29, 0.717) is 25.3 Å². The third kappa shape index (κ3) is 3.42. The van der Waals surface area contributed by atoms with Crippen LogP contribution in [0.3, 0.4) is 0 Å². The number of benzene rings is 1. The number of rotatable bonds is 4. The van der Waals surface area contributed by atoms with E-state index in [-0.39, 0.29) is 5.91 Å². The van der Waals surface area contributed by atoms with E-state index < -0.39 is 18.0 Å². The average Bonchev–Trinajstić information content (AvgIpc) is 2.44. The molecule has 1 aliphatic heterocycles. The van der Waals surface area contributed by atoms with Gasteiger partial charge < -0.3 is 16.4 Å². The normalized spacial score (nSPS) is 19.2. The van der Waals surface area contributed by atoms with Crippen molar-refractivity contribution in [1.82, 2.24) is 4.90 Å². The molecular weight excluding hydrogens is 266 g/mol. The molecule has 0 bridgehead atoms. The van der Waals surface area contributed by atoms with Crippen LogP contribution in [0.1, 0.15) is 31.4 Å². The van der Waals surface area contributed by atoms with Crippen molar-refractivity contribution in [3.05, 3.63) is 35.4 Å². The van der Waals surface area contributed by atoms with Gasteiger partial charge in [0.2, 0.25) is 11.8 Å². The Balaban J connectivity index is 2.24. The van der Waals surface area contributed by atoms with E-state index in [1.54, 1.807) is 0 Å². The minimum atomic E-state index is -0.606. The predicted molar refractivity (Wildman–Crippen MR) is 81.1 cm³/mol. The molecule has 0 saturated heterocycles. The zero-order chi connectivity index (χ0) is 15.6. The molecule has 0 fully saturated rings. The maximum atomic E-state index is 12.6. The van der Waals surface area contributed by atoms with Gasteiger partial charge in [0.1, 0.15) is 6.04 Å². The molecule has 2 amide bonds. The van der Waals surface area contributed by atoms with Crippen LogP contribution in [0.15, 0.2) is 24.3 Å². The molecule has 0 aliphatic carbocycles. The Morgan fingerprint density at radius 3 is 2.48 bits per heavy atom. The molecule has 5 nitrogen and oxygen atoms in total. The Kier molecular flexibility index (Phi) is 4.63. The summed E-state index contributed by atoms with van der Waals surface area (Å²) in [6, 6.07) is 6.61. The van der Waals surface area contributed by atoms with Gasteiger partial charge in [-0.3, -0.25) is 9.59 Å². The maximum absolute atomic E-state index is 12.6.